The Morgan fingerprint density at radius 1 is 0.826 bits per heavy atom. The molecular weight excluding hydrogens is 343 g/mol. The standard InChI is InChI=1S/C14H14N4O3.2ClH/c19-15-9-13-5-1-3-7-17(13)11-21-12-18-8-4-2-6-14(18)10-16-20;;/h1-10H,11-12H2;2*1H. The molecule has 23 heavy (non-hydrogen) atoms. The summed E-state index contributed by atoms with van der Waals surface area (Å²) >= 11 is 0. The smallest absolute Gasteiger partial charge is 0.258 e. The van der Waals surface area contributed by atoms with Crippen molar-refractivity contribution in [3.63, 3.8) is 0 Å². The summed E-state index contributed by atoms with van der Waals surface area (Å²) < 4.78 is 9.21. The van der Waals surface area contributed by atoms with E-state index in [4.69, 9.17) is 15.2 Å². The van der Waals surface area contributed by atoms with Crippen LogP contribution in [0.3, 0.4) is 0 Å². The lowest BCUT2D eigenvalue weighted by Gasteiger charge is -2.01. The van der Waals surface area contributed by atoms with Gasteiger partial charge in [0.2, 0.25) is 11.4 Å². The maximum absolute atomic E-state index is 8.62. The van der Waals surface area contributed by atoms with Crippen molar-refractivity contribution in [2.75, 3.05) is 0 Å². The van der Waals surface area contributed by atoms with E-state index in [9.17, 15) is 0 Å². The van der Waals surface area contributed by atoms with E-state index in [2.05, 4.69) is 10.3 Å². The molecule has 0 aliphatic carbocycles. The summed E-state index contributed by atoms with van der Waals surface area (Å²) in [6, 6.07) is 11.0. The second-order valence-corrected chi connectivity index (χ2v) is 4.14. The molecule has 2 heterocycles. The molecule has 0 aliphatic rings. The second kappa shape index (κ2) is 11.4. The van der Waals surface area contributed by atoms with Crippen LogP contribution in [0.1, 0.15) is 11.4 Å². The Hall–Kier alpha value is -2.22. The normalized spacial score (nSPS) is 10.4. The first kappa shape index (κ1) is 20.8. The van der Waals surface area contributed by atoms with Crippen molar-refractivity contribution in [2.45, 2.75) is 13.5 Å². The van der Waals surface area contributed by atoms with Crippen LogP contribution in [0.5, 0.6) is 0 Å². The van der Waals surface area contributed by atoms with E-state index >= 15 is 0 Å². The maximum Gasteiger partial charge on any atom is 0.258 e. The molecule has 9 heteroatoms. The fraction of sp³-hybridized carbons (Fsp3) is 0.143. The highest BCUT2D eigenvalue weighted by Gasteiger charge is 2.11. The maximum atomic E-state index is 8.62. The first-order valence-electron chi connectivity index (χ1n) is 6.24. The lowest BCUT2D eigenvalue weighted by molar-refractivity contribution is -0.789. The lowest BCUT2D eigenvalue weighted by atomic mass is 10.3. The van der Waals surface area contributed by atoms with Crippen LogP contribution in [-0.4, -0.2) is 22.8 Å². The van der Waals surface area contributed by atoms with Crippen molar-refractivity contribution in [1.29, 1.82) is 0 Å². The SMILES string of the molecule is O/N=C\c1cccc[n+]1COC[n+]1ccccc1/C=N\O.[Cl-].[Cl-]. The fourth-order valence-electron chi connectivity index (χ4n) is 1.80. The van der Waals surface area contributed by atoms with Gasteiger partial charge >= 0.3 is 0 Å². The average molecular weight is 359 g/mol. The molecule has 0 bridgehead atoms. The van der Waals surface area contributed by atoms with Crippen LogP contribution in [0.15, 0.2) is 59.1 Å². The molecule has 0 radical (unpaired) electrons. The molecular formula is C14H16Cl2N4O3. The molecule has 0 unspecified atom stereocenters. The third-order valence-electron chi connectivity index (χ3n) is 2.79. The Bertz CT molecular complexity index is 598. The minimum absolute atomic E-state index is 0. The minimum Gasteiger partial charge on any atom is -1.00 e. The summed E-state index contributed by atoms with van der Waals surface area (Å²) in [5.41, 5.74) is 1.44. The van der Waals surface area contributed by atoms with Crippen LogP contribution in [0, 0.1) is 0 Å². The van der Waals surface area contributed by atoms with Gasteiger partial charge in [-0.05, 0) is 12.1 Å². The highest BCUT2D eigenvalue weighted by molar-refractivity contribution is 5.74. The number of hydrogen-bond acceptors (Lipinski definition) is 5. The zero-order chi connectivity index (χ0) is 14.9. The Labute approximate surface area is 146 Å². The second-order valence-electron chi connectivity index (χ2n) is 4.14. The van der Waals surface area contributed by atoms with Gasteiger partial charge in [-0.1, -0.05) is 10.3 Å². The number of nitrogens with zero attached hydrogens (tertiary/aromatic N) is 4. The molecule has 2 N–H and O–H groups in total. The van der Waals surface area contributed by atoms with Gasteiger partial charge in [-0.15, -0.1) is 0 Å². The van der Waals surface area contributed by atoms with E-state index in [0.29, 0.717) is 13.5 Å². The van der Waals surface area contributed by atoms with Crippen LogP contribution in [0.2, 0.25) is 0 Å². The summed E-state index contributed by atoms with van der Waals surface area (Å²) in [6.07, 6.45) is 6.32. The van der Waals surface area contributed by atoms with Crippen LogP contribution < -0.4 is 33.9 Å². The Balaban J connectivity index is 0.00000242. The van der Waals surface area contributed by atoms with Gasteiger partial charge < -0.3 is 35.2 Å². The minimum atomic E-state index is 0. The predicted molar refractivity (Wildman–Crippen MR) is 73.1 cm³/mol. The largest absolute Gasteiger partial charge is 1.00 e. The Morgan fingerprint density at radius 3 is 1.65 bits per heavy atom. The first-order chi connectivity index (χ1) is 10.3. The molecule has 0 fully saturated rings. The lowest BCUT2D eigenvalue weighted by Crippen LogP contribution is -3.00. The van der Waals surface area contributed by atoms with Crippen molar-refractivity contribution in [1.82, 2.24) is 0 Å². The molecule has 0 saturated carbocycles. The molecule has 2 aromatic rings. The van der Waals surface area contributed by atoms with Crippen molar-refractivity contribution in [2.24, 2.45) is 10.3 Å². The zero-order valence-corrected chi connectivity index (χ0v) is 13.5. The topological polar surface area (TPSA) is 82.2 Å². The molecule has 0 aliphatic heterocycles. The zero-order valence-electron chi connectivity index (χ0n) is 12.0. The van der Waals surface area contributed by atoms with Crippen LogP contribution in [-0.2, 0) is 18.2 Å². The van der Waals surface area contributed by atoms with Crippen molar-refractivity contribution >= 4 is 12.4 Å². The van der Waals surface area contributed by atoms with E-state index in [0.717, 1.165) is 11.4 Å². The van der Waals surface area contributed by atoms with Gasteiger partial charge in [0.25, 0.3) is 13.5 Å². The highest BCUT2D eigenvalue weighted by atomic mass is 35.5. The third-order valence-corrected chi connectivity index (χ3v) is 2.79. The number of oxime groups is 2. The number of halogens is 2. The Morgan fingerprint density at radius 2 is 1.26 bits per heavy atom. The molecule has 0 spiro atoms. The molecule has 7 nitrogen and oxygen atoms in total. The molecule has 124 valence electrons. The summed E-state index contributed by atoms with van der Waals surface area (Å²) in [7, 11) is 0. The first-order valence-corrected chi connectivity index (χ1v) is 6.24. The number of hydrogen-bond donors (Lipinski definition) is 2. The number of pyridine rings is 2. The molecule has 0 saturated heterocycles. The highest BCUT2D eigenvalue weighted by Crippen LogP contribution is 1.90. The van der Waals surface area contributed by atoms with E-state index in [-0.39, 0.29) is 24.8 Å². The molecule has 0 amide bonds. The van der Waals surface area contributed by atoms with Gasteiger partial charge in [-0.2, -0.15) is 9.13 Å². The van der Waals surface area contributed by atoms with Crippen LogP contribution >= 0.6 is 0 Å². The Kier molecular flexibility index (Phi) is 10.3. The number of aromatic nitrogens is 2. The van der Waals surface area contributed by atoms with Gasteiger partial charge in [0.1, 0.15) is 12.4 Å². The monoisotopic (exact) mass is 358 g/mol. The molecule has 2 rings (SSSR count). The van der Waals surface area contributed by atoms with E-state index in [1.54, 1.807) is 9.13 Å². The van der Waals surface area contributed by atoms with Gasteiger partial charge in [-0.3, -0.25) is 4.74 Å². The molecule has 0 aromatic carbocycles. The fourth-order valence-corrected chi connectivity index (χ4v) is 1.80. The average Bonchev–Trinajstić information content (AvgIpc) is 2.51. The third kappa shape index (κ3) is 6.19. The summed E-state index contributed by atoms with van der Waals surface area (Å²) in [5.74, 6) is 0. The van der Waals surface area contributed by atoms with Crippen molar-refractivity contribution in [3.8, 4) is 0 Å². The van der Waals surface area contributed by atoms with Gasteiger partial charge in [-0.25, -0.2) is 0 Å². The summed E-state index contributed by atoms with van der Waals surface area (Å²) in [5, 5.41) is 23.3. The van der Waals surface area contributed by atoms with E-state index in [1.165, 1.54) is 12.4 Å². The van der Waals surface area contributed by atoms with Gasteiger partial charge in [0, 0.05) is 24.3 Å². The van der Waals surface area contributed by atoms with Crippen molar-refractivity contribution < 1.29 is 49.1 Å². The number of ether oxygens (including phenoxy) is 1. The van der Waals surface area contributed by atoms with Crippen molar-refractivity contribution in [3.05, 3.63) is 60.2 Å². The summed E-state index contributed by atoms with van der Waals surface area (Å²) in [6.45, 7) is 0.583. The molecule has 0 atom stereocenters. The molecule has 2 aromatic heterocycles. The van der Waals surface area contributed by atoms with E-state index < -0.39 is 0 Å². The summed E-state index contributed by atoms with van der Waals surface area (Å²) in [4.78, 5) is 0. The van der Waals surface area contributed by atoms with Crippen LogP contribution in [0.25, 0.3) is 0 Å². The van der Waals surface area contributed by atoms with E-state index in [1.807, 2.05) is 48.8 Å². The quantitative estimate of drug-likeness (QED) is 0.234. The van der Waals surface area contributed by atoms with Crippen LogP contribution in [0.4, 0.5) is 0 Å². The predicted octanol–water partition coefficient (Wildman–Crippen LogP) is -5.48. The number of rotatable bonds is 6. The van der Waals surface area contributed by atoms with Gasteiger partial charge in [0.15, 0.2) is 12.4 Å². The van der Waals surface area contributed by atoms with Gasteiger partial charge in [0.05, 0.1) is 0 Å².